The fourth-order valence-electron chi connectivity index (χ4n) is 4.28. The van der Waals surface area contributed by atoms with Crippen LogP contribution < -0.4 is 16.0 Å². The number of fused-ring (bicyclic) bond motifs is 1. The second kappa shape index (κ2) is 8.53. The maximum atomic E-state index is 12.7. The Morgan fingerprint density at radius 1 is 0.967 bits per heavy atom. The number of carbonyl (C=O) groups excluding carboxylic acids is 2. The summed E-state index contributed by atoms with van der Waals surface area (Å²) in [5.41, 5.74) is 2.83. The van der Waals surface area contributed by atoms with E-state index in [1.54, 1.807) is 6.07 Å². The van der Waals surface area contributed by atoms with Crippen LogP contribution in [0.15, 0.2) is 54.6 Å². The number of urea groups is 1. The van der Waals surface area contributed by atoms with Gasteiger partial charge in [0.15, 0.2) is 0 Å². The molecular weight excluding hydrogens is 376 g/mol. The minimum atomic E-state index is -0.211. The molecule has 0 aliphatic heterocycles. The molecule has 0 radical (unpaired) electrons. The maximum absolute atomic E-state index is 12.7. The van der Waals surface area contributed by atoms with Crippen LogP contribution in [0.25, 0.3) is 10.8 Å². The summed E-state index contributed by atoms with van der Waals surface area (Å²) in [6, 6.07) is 17.9. The number of hydrogen-bond donors (Lipinski definition) is 3. The SMILES string of the molecule is CC(=O)Nc1cc2c(NC(=O)NC3CCC(c4ccccc4)C3)cccc2c(C)n1. The zero-order valence-electron chi connectivity index (χ0n) is 17.2. The Balaban J connectivity index is 1.47. The summed E-state index contributed by atoms with van der Waals surface area (Å²) in [7, 11) is 0. The average Bonchev–Trinajstić information content (AvgIpc) is 3.17. The molecule has 1 saturated carbocycles. The Hall–Kier alpha value is -3.41. The molecule has 1 heterocycles. The van der Waals surface area contributed by atoms with Gasteiger partial charge in [0.25, 0.3) is 0 Å². The topological polar surface area (TPSA) is 83.1 Å². The molecule has 1 aliphatic carbocycles. The molecule has 2 aromatic carbocycles. The van der Waals surface area contributed by atoms with E-state index in [4.69, 9.17) is 0 Å². The largest absolute Gasteiger partial charge is 0.335 e. The Bertz CT molecular complexity index is 1080. The average molecular weight is 402 g/mol. The Morgan fingerprint density at radius 2 is 1.77 bits per heavy atom. The smallest absolute Gasteiger partial charge is 0.319 e. The molecule has 0 bridgehead atoms. The second-order valence-electron chi connectivity index (χ2n) is 7.89. The van der Waals surface area contributed by atoms with Gasteiger partial charge in [-0.25, -0.2) is 9.78 Å². The van der Waals surface area contributed by atoms with Gasteiger partial charge in [-0.05, 0) is 49.8 Å². The van der Waals surface area contributed by atoms with Gasteiger partial charge in [0, 0.05) is 29.4 Å². The van der Waals surface area contributed by atoms with Crippen molar-refractivity contribution in [2.75, 3.05) is 10.6 Å². The van der Waals surface area contributed by atoms with Crippen LogP contribution in [-0.4, -0.2) is 23.0 Å². The van der Waals surface area contributed by atoms with E-state index < -0.39 is 0 Å². The van der Waals surface area contributed by atoms with Gasteiger partial charge in [-0.3, -0.25) is 4.79 Å². The van der Waals surface area contributed by atoms with Gasteiger partial charge in [-0.2, -0.15) is 0 Å². The van der Waals surface area contributed by atoms with Gasteiger partial charge in [0.1, 0.15) is 5.82 Å². The highest BCUT2D eigenvalue weighted by Gasteiger charge is 2.27. The zero-order chi connectivity index (χ0) is 21.1. The molecule has 3 N–H and O–H groups in total. The van der Waals surface area contributed by atoms with E-state index in [0.717, 1.165) is 35.7 Å². The highest BCUT2D eigenvalue weighted by Crippen LogP contribution is 2.34. The molecule has 2 atom stereocenters. The first-order valence-corrected chi connectivity index (χ1v) is 10.3. The molecule has 4 rings (SSSR count). The molecule has 1 aliphatic rings. The summed E-state index contributed by atoms with van der Waals surface area (Å²) in [6.07, 6.45) is 3.00. The van der Waals surface area contributed by atoms with Crippen LogP contribution in [-0.2, 0) is 4.79 Å². The van der Waals surface area contributed by atoms with Crippen LogP contribution in [0.4, 0.5) is 16.3 Å². The van der Waals surface area contributed by atoms with Crippen LogP contribution in [0.1, 0.15) is 43.4 Å². The molecular formula is C24H26N4O2. The van der Waals surface area contributed by atoms with Crippen LogP contribution >= 0.6 is 0 Å². The fourth-order valence-corrected chi connectivity index (χ4v) is 4.28. The molecule has 30 heavy (non-hydrogen) atoms. The third-order valence-corrected chi connectivity index (χ3v) is 5.66. The van der Waals surface area contributed by atoms with Crippen LogP contribution in [0.5, 0.6) is 0 Å². The Kier molecular flexibility index (Phi) is 5.65. The number of anilines is 2. The summed E-state index contributed by atoms with van der Waals surface area (Å²) in [5, 5.41) is 10.6. The lowest BCUT2D eigenvalue weighted by atomic mass is 9.98. The summed E-state index contributed by atoms with van der Waals surface area (Å²) < 4.78 is 0. The predicted octanol–water partition coefficient (Wildman–Crippen LogP) is 4.96. The van der Waals surface area contributed by atoms with Crippen molar-refractivity contribution in [1.82, 2.24) is 10.3 Å². The van der Waals surface area contributed by atoms with E-state index in [-0.39, 0.29) is 18.0 Å². The highest BCUT2D eigenvalue weighted by atomic mass is 16.2. The first-order chi connectivity index (χ1) is 14.5. The van der Waals surface area contributed by atoms with Crippen molar-refractivity contribution < 1.29 is 9.59 Å². The third kappa shape index (κ3) is 4.43. The normalized spacial score (nSPS) is 18.2. The quantitative estimate of drug-likeness (QED) is 0.577. The minimum Gasteiger partial charge on any atom is -0.335 e. The van der Waals surface area contributed by atoms with E-state index in [9.17, 15) is 9.59 Å². The summed E-state index contributed by atoms with van der Waals surface area (Å²) in [4.78, 5) is 28.5. The lowest BCUT2D eigenvalue weighted by Crippen LogP contribution is -2.36. The molecule has 154 valence electrons. The summed E-state index contributed by atoms with van der Waals surface area (Å²) in [5.74, 6) is 0.783. The van der Waals surface area contributed by atoms with Crippen molar-refractivity contribution in [2.24, 2.45) is 0 Å². The highest BCUT2D eigenvalue weighted by molar-refractivity contribution is 6.04. The number of rotatable bonds is 4. The van der Waals surface area contributed by atoms with Crippen molar-refractivity contribution in [2.45, 2.75) is 45.1 Å². The molecule has 0 spiro atoms. The van der Waals surface area contributed by atoms with Crippen LogP contribution in [0, 0.1) is 6.92 Å². The number of nitrogens with zero attached hydrogens (tertiary/aromatic N) is 1. The number of benzene rings is 2. The van der Waals surface area contributed by atoms with Crippen molar-refractivity contribution in [3.05, 3.63) is 65.9 Å². The van der Waals surface area contributed by atoms with E-state index >= 15 is 0 Å². The number of pyridine rings is 1. The number of carbonyl (C=O) groups is 2. The molecule has 3 amide bonds. The molecule has 6 nitrogen and oxygen atoms in total. The second-order valence-corrected chi connectivity index (χ2v) is 7.89. The van der Waals surface area contributed by atoms with E-state index in [1.807, 2.05) is 31.2 Å². The number of amides is 3. The van der Waals surface area contributed by atoms with Crippen LogP contribution in [0.3, 0.4) is 0 Å². The summed E-state index contributed by atoms with van der Waals surface area (Å²) in [6.45, 7) is 3.34. The van der Waals surface area contributed by atoms with Crippen molar-refractivity contribution in [3.8, 4) is 0 Å². The van der Waals surface area contributed by atoms with Gasteiger partial charge in [0.2, 0.25) is 5.91 Å². The Morgan fingerprint density at radius 3 is 2.53 bits per heavy atom. The zero-order valence-corrected chi connectivity index (χ0v) is 17.2. The van der Waals surface area contributed by atoms with Gasteiger partial charge in [-0.1, -0.05) is 42.5 Å². The van der Waals surface area contributed by atoms with Crippen molar-refractivity contribution in [1.29, 1.82) is 0 Å². The maximum Gasteiger partial charge on any atom is 0.319 e. The number of nitrogens with one attached hydrogen (secondary N) is 3. The third-order valence-electron chi connectivity index (χ3n) is 5.66. The van der Waals surface area contributed by atoms with E-state index in [1.165, 1.54) is 12.5 Å². The first kappa shape index (κ1) is 19.9. The predicted molar refractivity (Wildman–Crippen MR) is 120 cm³/mol. The molecule has 2 unspecified atom stereocenters. The fraction of sp³-hybridized carbons (Fsp3) is 0.292. The Labute approximate surface area is 176 Å². The lowest BCUT2D eigenvalue weighted by molar-refractivity contribution is -0.114. The first-order valence-electron chi connectivity index (χ1n) is 10.3. The molecule has 1 aromatic heterocycles. The number of aryl methyl sites for hydroxylation is 1. The number of hydrogen-bond acceptors (Lipinski definition) is 3. The summed E-state index contributed by atoms with van der Waals surface area (Å²) >= 11 is 0. The molecule has 6 heteroatoms. The van der Waals surface area contributed by atoms with E-state index in [0.29, 0.717) is 17.4 Å². The van der Waals surface area contributed by atoms with Gasteiger partial charge in [0.05, 0.1) is 5.69 Å². The monoisotopic (exact) mass is 402 g/mol. The minimum absolute atomic E-state index is 0.156. The van der Waals surface area contributed by atoms with Gasteiger partial charge >= 0.3 is 6.03 Å². The van der Waals surface area contributed by atoms with E-state index in [2.05, 4.69) is 45.2 Å². The van der Waals surface area contributed by atoms with Crippen molar-refractivity contribution in [3.63, 3.8) is 0 Å². The lowest BCUT2D eigenvalue weighted by Gasteiger charge is -2.16. The van der Waals surface area contributed by atoms with Gasteiger partial charge < -0.3 is 16.0 Å². The van der Waals surface area contributed by atoms with Crippen LogP contribution in [0.2, 0.25) is 0 Å². The molecule has 0 saturated heterocycles. The molecule has 1 fully saturated rings. The van der Waals surface area contributed by atoms with Gasteiger partial charge in [-0.15, -0.1) is 0 Å². The molecule has 3 aromatic rings. The van der Waals surface area contributed by atoms with Crippen molar-refractivity contribution >= 4 is 34.2 Å². The standard InChI is InChI=1S/C24H26N4O2/c1-15-20-9-6-10-22(21(20)14-23(25-15)26-16(2)29)28-24(30)27-19-12-11-18(13-19)17-7-4-3-5-8-17/h3-10,14,18-19H,11-13H2,1-2H3,(H,25,26,29)(H2,27,28,30). The number of aromatic nitrogens is 1.